The molecule has 3 heterocycles. The molecule has 0 spiro atoms. The molecule has 31 heavy (non-hydrogen) atoms. The van der Waals surface area contributed by atoms with Gasteiger partial charge in [0.05, 0.1) is 5.92 Å². The highest BCUT2D eigenvalue weighted by Gasteiger charge is 2.27. The minimum atomic E-state index is 0.118. The summed E-state index contributed by atoms with van der Waals surface area (Å²) in [7, 11) is 6.57. The first-order valence-electron chi connectivity index (χ1n) is 10.8. The van der Waals surface area contributed by atoms with Gasteiger partial charge in [0.15, 0.2) is 0 Å². The molecule has 3 aromatic carbocycles. The van der Waals surface area contributed by atoms with Crippen LogP contribution in [0.1, 0.15) is 23.0 Å². The molecule has 3 heteroatoms. The first-order valence-corrected chi connectivity index (χ1v) is 10.8. The van der Waals surface area contributed by atoms with Gasteiger partial charge in [-0.1, -0.05) is 54.6 Å². The number of aromatic nitrogens is 3. The van der Waals surface area contributed by atoms with Crippen LogP contribution in [0.2, 0.25) is 0 Å². The van der Waals surface area contributed by atoms with E-state index in [0.717, 1.165) is 0 Å². The molecule has 0 aliphatic heterocycles. The number of rotatable bonds is 3. The summed E-state index contributed by atoms with van der Waals surface area (Å²) >= 11 is 0. The van der Waals surface area contributed by atoms with Gasteiger partial charge in [-0.3, -0.25) is 0 Å². The van der Waals surface area contributed by atoms with Crippen molar-refractivity contribution < 1.29 is 0 Å². The van der Waals surface area contributed by atoms with Crippen molar-refractivity contribution in [2.75, 3.05) is 0 Å². The maximum Gasteiger partial charge on any atom is 0.0798 e. The van der Waals surface area contributed by atoms with Crippen molar-refractivity contribution in [3.8, 4) is 0 Å². The van der Waals surface area contributed by atoms with E-state index in [-0.39, 0.29) is 5.92 Å². The van der Waals surface area contributed by atoms with E-state index >= 15 is 0 Å². The van der Waals surface area contributed by atoms with Crippen molar-refractivity contribution in [1.82, 2.24) is 13.7 Å². The molecule has 0 fully saturated rings. The Hall–Kier alpha value is -3.72. The molecule has 0 radical (unpaired) electrons. The number of hydrogen-bond acceptors (Lipinski definition) is 0. The third kappa shape index (κ3) is 2.59. The van der Waals surface area contributed by atoms with Crippen LogP contribution in [-0.2, 0) is 21.1 Å². The molecule has 0 saturated heterocycles. The number of aryl methyl sites for hydroxylation is 3. The minimum Gasteiger partial charge on any atom is -0.347 e. The van der Waals surface area contributed by atoms with Gasteiger partial charge in [-0.15, -0.1) is 0 Å². The summed E-state index contributed by atoms with van der Waals surface area (Å²) in [5.41, 5.74) is 7.70. The van der Waals surface area contributed by atoms with Crippen molar-refractivity contribution >= 4 is 32.7 Å². The molecule has 0 atom stereocenters. The van der Waals surface area contributed by atoms with E-state index in [1.54, 1.807) is 0 Å². The number of nitrogens with zero attached hydrogens (tertiary/aromatic N) is 3. The van der Waals surface area contributed by atoms with Crippen molar-refractivity contribution in [3.63, 3.8) is 0 Å². The molecule has 3 aromatic heterocycles. The van der Waals surface area contributed by atoms with E-state index in [1.807, 2.05) is 0 Å². The summed E-state index contributed by atoms with van der Waals surface area (Å²) in [5, 5.41) is 3.84. The molecular formula is C28H25N3. The zero-order valence-electron chi connectivity index (χ0n) is 18.1. The lowest BCUT2D eigenvalue weighted by Gasteiger charge is -2.21. The standard InChI is InChI=1S/C28H25N3/c1-29-22-13-7-4-10-19(22)16-25(29)28(26-17-20-11-5-8-14-23(20)30(26)2)27-18-21-12-6-9-15-24(21)31(27)3/h4-18,28H,1-3H3. The van der Waals surface area contributed by atoms with Crippen LogP contribution in [0.4, 0.5) is 0 Å². The van der Waals surface area contributed by atoms with Gasteiger partial charge in [-0.05, 0) is 52.6 Å². The Morgan fingerprint density at radius 1 is 0.452 bits per heavy atom. The fourth-order valence-electron chi connectivity index (χ4n) is 5.22. The van der Waals surface area contributed by atoms with Crippen molar-refractivity contribution in [2.24, 2.45) is 21.1 Å². The molecule has 152 valence electrons. The maximum atomic E-state index is 2.36. The van der Waals surface area contributed by atoms with Gasteiger partial charge in [0, 0.05) is 54.8 Å². The fraction of sp³-hybridized carbons (Fsp3) is 0.143. The molecule has 0 amide bonds. The van der Waals surface area contributed by atoms with E-state index in [1.165, 1.54) is 49.8 Å². The van der Waals surface area contributed by atoms with E-state index in [2.05, 4.69) is 126 Å². The maximum absolute atomic E-state index is 2.36. The summed E-state index contributed by atoms with van der Waals surface area (Å²) < 4.78 is 7.07. The number of para-hydroxylation sites is 3. The number of benzene rings is 3. The second-order valence-electron chi connectivity index (χ2n) is 8.49. The molecule has 6 aromatic rings. The number of fused-ring (bicyclic) bond motifs is 3. The Kier molecular flexibility index (Phi) is 3.87. The SMILES string of the molecule is Cn1c(C(c2cc3ccccc3n2C)c2cc3ccccc3n2C)cc2ccccc21. The molecule has 0 N–H and O–H groups in total. The smallest absolute Gasteiger partial charge is 0.0798 e. The third-order valence-electron chi connectivity index (χ3n) is 6.85. The highest BCUT2D eigenvalue weighted by molar-refractivity contribution is 5.85. The van der Waals surface area contributed by atoms with Crippen LogP contribution in [0.15, 0.2) is 91.0 Å². The van der Waals surface area contributed by atoms with Gasteiger partial charge in [0.25, 0.3) is 0 Å². The average Bonchev–Trinajstić information content (AvgIpc) is 3.43. The Labute approximate surface area is 181 Å². The first kappa shape index (κ1) is 18.1. The Balaban J connectivity index is 1.70. The van der Waals surface area contributed by atoms with E-state index in [9.17, 15) is 0 Å². The highest BCUT2D eigenvalue weighted by atomic mass is 15.0. The van der Waals surface area contributed by atoms with Crippen LogP contribution in [0.3, 0.4) is 0 Å². The first-order chi connectivity index (χ1) is 15.1. The summed E-state index contributed by atoms with van der Waals surface area (Å²) in [4.78, 5) is 0. The second-order valence-corrected chi connectivity index (χ2v) is 8.49. The quantitative estimate of drug-likeness (QED) is 0.327. The lowest BCUT2D eigenvalue weighted by Crippen LogP contribution is -2.14. The predicted molar refractivity (Wildman–Crippen MR) is 130 cm³/mol. The average molecular weight is 404 g/mol. The van der Waals surface area contributed by atoms with E-state index in [4.69, 9.17) is 0 Å². The Morgan fingerprint density at radius 3 is 1.03 bits per heavy atom. The van der Waals surface area contributed by atoms with E-state index in [0.29, 0.717) is 0 Å². The zero-order valence-corrected chi connectivity index (χ0v) is 18.1. The summed E-state index contributed by atoms with van der Waals surface area (Å²) in [6.45, 7) is 0. The molecule has 0 aliphatic carbocycles. The molecule has 3 nitrogen and oxygen atoms in total. The molecular weight excluding hydrogens is 378 g/mol. The van der Waals surface area contributed by atoms with Gasteiger partial charge < -0.3 is 13.7 Å². The Bertz CT molecular complexity index is 1380. The zero-order chi connectivity index (χ0) is 21.1. The highest BCUT2D eigenvalue weighted by Crippen LogP contribution is 2.39. The van der Waals surface area contributed by atoms with Crippen molar-refractivity contribution in [1.29, 1.82) is 0 Å². The lowest BCUT2D eigenvalue weighted by atomic mass is 9.96. The normalized spacial score (nSPS) is 12.0. The van der Waals surface area contributed by atoms with Gasteiger partial charge in [-0.25, -0.2) is 0 Å². The van der Waals surface area contributed by atoms with E-state index < -0.39 is 0 Å². The molecule has 0 bridgehead atoms. The topological polar surface area (TPSA) is 14.8 Å². The summed E-state index contributed by atoms with van der Waals surface area (Å²) in [6.07, 6.45) is 0. The van der Waals surface area contributed by atoms with Gasteiger partial charge >= 0.3 is 0 Å². The molecule has 0 aliphatic rings. The summed E-state index contributed by atoms with van der Waals surface area (Å²) in [6, 6.07) is 33.0. The monoisotopic (exact) mass is 403 g/mol. The number of hydrogen-bond donors (Lipinski definition) is 0. The molecule has 6 rings (SSSR count). The second kappa shape index (κ2) is 6.64. The van der Waals surface area contributed by atoms with Crippen LogP contribution >= 0.6 is 0 Å². The van der Waals surface area contributed by atoms with Crippen LogP contribution in [0.5, 0.6) is 0 Å². The van der Waals surface area contributed by atoms with Gasteiger partial charge in [0.1, 0.15) is 0 Å². The van der Waals surface area contributed by atoms with Crippen LogP contribution in [0.25, 0.3) is 32.7 Å². The van der Waals surface area contributed by atoms with Crippen LogP contribution in [0, 0.1) is 0 Å². The molecule has 0 unspecified atom stereocenters. The lowest BCUT2D eigenvalue weighted by molar-refractivity contribution is 0.711. The molecule has 0 saturated carbocycles. The Morgan fingerprint density at radius 2 is 0.742 bits per heavy atom. The van der Waals surface area contributed by atoms with Crippen LogP contribution in [-0.4, -0.2) is 13.7 Å². The van der Waals surface area contributed by atoms with Crippen molar-refractivity contribution in [3.05, 3.63) is 108 Å². The largest absolute Gasteiger partial charge is 0.347 e. The minimum absolute atomic E-state index is 0.118. The predicted octanol–water partition coefficient (Wildman–Crippen LogP) is 6.34. The van der Waals surface area contributed by atoms with Crippen molar-refractivity contribution in [2.45, 2.75) is 5.92 Å². The van der Waals surface area contributed by atoms with Crippen LogP contribution < -0.4 is 0 Å². The summed E-state index contributed by atoms with van der Waals surface area (Å²) in [5.74, 6) is 0.118. The fourth-order valence-corrected chi connectivity index (χ4v) is 5.22. The van der Waals surface area contributed by atoms with Gasteiger partial charge in [-0.2, -0.15) is 0 Å². The van der Waals surface area contributed by atoms with Gasteiger partial charge in [0.2, 0.25) is 0 Å². The third-order valence-corrected chi connectivity index (χ3v) is 6.85.